The molecule has 3 N–H and O–H groups in total. The Labute approximate surface area is 188 Å². The van der Waals surface area contributed by atoms with Gasteiger partial charge < -0.3 is 25.3 Å². The standard InChI is InChI=1S/C22H25BrN2O6/c1-10(2)29-18(26)16-17(24)30-11(3)15(19(27)31-21(4,5)6)22(16)13-9-12(23)7-8-14(13)25-20(22)28/h7-10H,24H2,1-6H3,(H,25,28)/t22-/m0/s1. The summed E-state index contributed by atoms with van der Waals surface area (Å²) in [6, 6.07) is 5.07. The van der Waals surface area contributed by atoms with E-state index in [0.717, 1.165) is 0 Å². The molecule has 31 heavy (non-hydrogen) atoms. The molecular formula is C22H25BrN2O6. The second kappa shape index (κ2) is 7.71. The molecule has 1 amide bonds. The van der Waals surface area contributed by atoms with Crippen LogP contribution in [0, 0.1) is 0 Å². The fourth-order valence-electron chi connectivity index (χ4n) is 3.76. The van der Waals surface area contributed by atoms with Crippen LogP contribution in [0.3, 0.4) is 0 Å². The number of benzene rings is 1. The van der Waals surface area contributed by atoms with Crippen molar-refractivity contribution >= 4 is 39.5 Å². The number of hydrogen-bond acceptors (Lipinski definition) is 7. The Morgan fingerprint density at radius 2 is 1.84 bits per heavy atom. The summed E-state index contributed by atoms with van der Waals surface area (Å²) in [5.74, 6) is -2.52. The predicted octanol–water partition coefficient (Wildman–Crippen LogP) is 3.41. The molecule has 166 valence electrons. The summed E-state index contributed by atoms with van der Waals surface area (Å²) in [5.41, 5.74) is 3.80. The van der Waals surface area contributed by atoms with E-state index in [-0.39, 0.29) is 22.8 Å². The Morgan fingerprint density at radius 1 is 1.19 bits per heavy atom. The van der Waals surface area contributed by atoms with Crippen molar-refractivity contribution in [3.63, 3.8) is 0 Å². The summed E-state index contributed by atoms with van der Waals surface area (Å²) in [6.07, 6.45) is -0.492. The molecule has 3 rings (SSSR count). The van der Waals surface area contributed by atoms with Crippen LogP contribution in [0.5, 0.6) is 0 Å². The van der Waals surface area contributed by atoms with Crippen LogP contribution >= 0.6 is 15.9 Å². The minimum atomic E-state index is -1.89. The van der Waals surface area contributed by atoms with E-state index in [0.29, 0.717) is 15.7 Å². The first-order valence-electron chi connectivity index (χ1n) is 9.74. The Kier molecular flexibility index (Phi) is 5.69. The summed E-state index contributed by atoms with van der Waals surface area (Å²) in [7, 11) is 0. The van der Waals surface area contributed by atoms with Gasteiger partial charge in [0, 0.05) is 15.7 Å². The van der Waals surface area contributed by atoms with Crippen LogP contribution < -0.4 is 11.1 Å². The molecule has 0 radical (unpaired) electrons. The van der Waals surface area contributed by atoms with Crippen molar-refractivity contribution in [1.29, 1.82) is 0 Å². The zero-order valence-corrected chi connectivity index (χ0v) is 19.8. The summed E-state index contributed by atoms with van der Waals surface area (Å²) < 4.78 is 17.2. The number of nitrogens with one attached hydrogen (secondary N) is 1. The Balaban J connectivity index is 2.37. The van der Waals surface area contributed by atoms with Gasteiger partial charge in [-0.3, -0.25) is 4.79 Å². The number of carbonyl (C=O) groups excluding carboxylic acids is 3. The van der Waals surface area contributed by atoms with Crippen LogP contribution in [0.25, 0.3) is 0 Å². The third-order valence-electron chi connectivity index (χ3n) is 4.74. The third kappa shape index (κ3) is 3.82. The fraction of sp³-hybridized carbons (Fsp3) is 0.409. The highest BCUT2D eigenvalue weighted by molar-refractivity contribution is 9.10. The lowest BCUT2D eigenvalue weighted by atomic mass is 9.67. The van der Waals surface area contributed by atoms with Gasteiger partial charge in [0.1, 0.15) is 27.9 Å². The molecule has 0 saturated heterocycles. The number of esters is 2. The molecule has 1 aromatic carbocycles. The van der Waals surface area contributed by atoms with E-state index in [4.69, 9.17) is 19.9 Å². The molecule has 0 fully saturated rings. The highest BCUT2D eigenvalue weighted by Crippen LogP contribution is 2.53. The SMILES string of the molecule is CC1=C(C(=O)OC(C)(C)C)[C@]2(C(=O)Nc3ccc(Br)cc32)C(C(=O)OC(C)C)=C(N)O1. The zero-order chi connectivity index (χ0) is 23.3. The molecule has 8 nitrogen and oxygen atoms in total. The normalized spacial score (nSPS) is 20.6. The number of amides is 1. The molecule has 0 saturated carbocycles. The van der Waals surface area contributed by atoms with Crippen molar-refractivity contribution in [1.82, 2.24) is 0 Å². The number of ether oxygens (including phenoxy) is 3. The van der Waals surface area contributed by atoms with Crippen LogP contribution in [0.4, 0.5) is 5.69 Å². The molecule has 2 aliphatic heterocycles. The molecule has 2 heterocycles. The van der Waals surface area contributed by atoms with E-state index in [1.807, 2.05) is 0 Å². The van der Waals surface area contributed by atoms with Gasteiger partial charge in [0.2, 0.25) is 11.8 Å². The highest BCUT2D eigenvalue weighted by Gasteiger charge is 2.62. The number of anilines is 1. The average Bonchev–Trinajstić information content (AvgIpc) is 2.84. The first-order valence-corrected chi connectivity index (χ1v) is 10.5. The molecule has 0 unspecified atom stereocenters. The van der Waals surface area contributed by atoms with Gasteiger partial charge >= 0.3 is 11.9 Å². The van der Waals surface area contributed by atoms with Crippen molar-refractivity contribution in [3.8, 4) is 0 Å². The minimum Gasteiger partial charge on any atom is -0.459 e. The highest BCUT2D eigenvalue weighted by atomic mass is 79.9. The lowest BCUT2D eigenvalue weighted by Gasteiger charge is -2.36. The first kappa shape index (κ1) is 22.9. The van der Waals surface area contributed by atoms with Gasteiger partial charge in [-0.2, -0.15) is 0 Å². The van der Waals surface area contributed by atoms with Gasteiger partial charge in [0.25, 0.3) is 0 Å². The number of hydrogen-bond donors (Lipinski definition) is 2. The molecule has 1 atom stereocenters. The molecule has 1 aromatic rings. The molecule has 1 spiro atoms. The quantitative estimate of drug-likeness (QED) is 0.620. The van der Waals surface area contributed by atoms with Gasteiger partial charge in [0.15, 0.2) is 0 Å². The molecular weight excluding hydrogens is 468 g/mol. The summed E-state index contributed by atoms with van der Waals surface area (Å²) >= 11 is 3.40. The molecule has 0 bridgehead atoms. The first-order chi connectivity index (χ1) is 14.3. The smallest absolute Gasteiger partial charge is 0.341 e. The van der Waals surface area contributed by atoms with Crippen molar-refractivity contribution in [3.05, 3.63) is 51.0 Å². The Morgan fingerprint density at radius 3 is 2.42 bits per heavy atom. The van der Waals surface area contributed by atoms with E-state index in [1.54, 1.807) is 52.8 Å². The van der Waals surface area contributed by atoms with E-state index in [9.17, 15) is 14.4 Å². The third-order valence-corrected chi connectivity index (χ3v) is 5.23. The second-order valence-electron chi connectivity index (χ2n) is 8.62. The molecule has 2 aliphatic rings. The summed E-state index contributed by atoms with van der Waals surface area (Å²) in [4.78, 5) is 40.1. The lowest BCUT2D eigenvalue weighted by molar-refractivity contribution is -0.152. The Hall–Kier alpha value is -2.81. The number of halogens is 1. The molecule has 9 heteroatoms. The van der Waals surface area contributed by atoms with Gasteiger partial charge in [0.05, 0.1) is 6.10 Å². The maximum atomic E-state index is 13.6. The topological polar surface area (TPSA) is 117 Å². The van der Waals surface area contributed by atoms with Gasteiger partial charge in [-0.15, -0.1) is 0 Å². The van der Waals surface area contributed by atoms with Crippen LogP contribution in [0.1, 0.15) is 47.1 Å². The maximum absolute atomic E-state index is 13.6. The van der Waals surface area contributed by atoms with Crippen molar-refractivity contribution in [2.75, 3.05) is 5.32 Å². The largest absolute Gasteiger partial charge is 0.459 e. The van der Waals surface area contributed by atoms with E-state index < -0.39 is 35.0 Å². The zero-order valence-electron chi connectivity index (χ0n) is 18.2. The van der Waals surface area contributed by atoms with E-state index in [2.05, 4.69) is 21.2 Å². The molecule has 0 aromatic heterocycles. The molecule has 0 aliphatic carbocycles. The number of allylic oxidation sites excluding steroid dienone is 1. The van der Waals surface area contributed by atoms with Gasteiger partial charge in [-0.05, 0) is 59.7 Å². The van der Waals surface area contributed by atoms with Crippen LogP contribution in [-0.2, 0) is 34.0 Å². The monoisotopic (exact) mass is 492 g/mol. The van der Waals surface area contributed by atoms with Crippen molar-refractivity contribution in [2.45, 2.75) is 58.7 Å². The maximum Gasteiger partial charge on any atom is 0.341 e. The number of nitrogens with two attached hydrogens (primary N) is 1. The minimum absolute atomic E-state index is 0.0656. The van der Waals surface area contributed by atoms with Crippen molar-refractivity contribution < 1.29 is 28.6 Å². The van der Waals surface area contributed by atoms with Crippen LogP contribution in [0.2, 0.25) is 0 Å². The number of rotatable bonds is 3. The predicted molar refractivity (Wildman–Crippen MR) is 117 cm³/mol. The lowest BCUT2D eigenvalue weighted by Crippen LogP contribution is -2.49. The fourth-order valence-corrected chi connectivity index (χ4v) is 4.13. The second-order valence-corrected chi connectivity index (χ2v) is 9.54. The number of fused-ring (bicyclic) bond motifs is 2. The van der Waals surface area contributed by atoms with Crippen molar-refractivity contribution in [2.24, 2.45) is 5.73 Å². The van der Waals surface area contributed by atoms with Crippen LogP contribution in [-0.4, -0.2) is 29.6 Å². The Bertz CT molecular complexity index is 1050. The summed E-state index contributed by atoms with van der Waals surface area (Å²) in [5, 5.41) is 2.76. The van der Waals surface area contributed by atoms with Gasteiger partial charge in [-0.25, -0.2) is 9.59 Å². The average molecular weight is 493 g/mol. The van der Waals surface area contributed by atoms with Crippen LogP contribution in [0.15, 0.2) is 45.5 Å². The van der Waals surface area contributed by atoms with Gasteiger partial charge in [-0.1, -0.05) is 15.9 Å². The summed E-state index contributed by atoms with van der Waals surface area (Å²) in [6.45, 7) is 9.94. The van der Waals surface area contributed by atoms with E-state index >= 15 is 0 Å². The van der Waals surface area contributed by atoms with E-state index in [1.165, 1.54) is 6.92 Å². The number of carbonyl (C=O) groups is 3.